The van der Waals surface area contributed by atoms with Crippen LogP contribution in [0.25, 0.3) is 0 Å². The topological polar surface area (TPSA) is 54.0 Å². The van der Waals surface area contributed by atoms with Gasteiger partial charge in [0.15, 0.2) is 0 Å². The van der Waals surface area contributed by atoms with Crippen LogP contribution in [0.5, 0.6) is 0 Å². The van der Waals surface area contributed by atoms with Crippen LogP contribution in [0.1, 0.15) is 32.6 Å². The number of hydrogen-bond donors (Lipinski definition) is 2. The van der Waals surface area contributed by atoms with Crippen LogP contribution >= 0.6 is 0 Å². The van der Waals surface area contributed by atoms with E-state index in [-0.39, 0.29) is 5.91 Å². The molecule has 0 saturated heterocycles. The number of aryl methyl sites for hydroxylation is 4. The third-order valence-electron chi connectivity index (χ3n) is 4.23. The number of amides is 1. The van der Waals surface area contributed by atoms with Gasteiger partial charge in [-0.3, -0.25) is 9.78 Å². The number of rotatable bonds is 4. The Hall–Kier alpha value is -3.14. The Morgan fingerprint density at radius 3 is 2.15 bits per heavy atom. The molecule has 0 saturated carbocycles. The largest absolute Gasteiger partial charge is 0.354 e. The van der Waals surface area contributed by atoms with E-state index in [1.807, 2.05) is 38.1 Å². The summed E-state index contributed by atoms with van der Waals surface area (Å²) in [6.07, 6.45) is 3.30. The molecular formula is C22H23N3O. The second-order valence-corrected chi connectivity index (χ2v) is 6.68. The maximum absolute atomic E-state index is 12.6. The molecule has 132 valence electrons. The summed E-state index contributed by atoms with van der Waals surface area (Å²) in [5.41, 5.74) is 7.66. The molecule has 3 rings (SSSR count). The van der Waals surface area contributed by atoms with Gasteiger partial charge < -0.3 is 10.6 Å². The summed E-state index contributed by atoms with van der Waals surface area (Å²) in [5, 5.41) is 6.32. The van der Waals surface area contributed by atoms with Crippen molar-refractivity contribution in [2.45, 2.75) is 27.7 Å². The first-order valence-electron chi connectivity index (χ1n) is 8.60. The van der Waals surface area contributed by atoms with E-state index in [2.05, 4.69) is 47.7 Å². The van der Waals surface area contributed by atoms with E-state index in [0.717, 1.165) is 39.3 Å². The Kier molecular flexibility index (Phi) is 5.03. The van der Waals surface area contributed by atoms with Crippen molar-refractivity contribution >= 4 is 23.0 Å². The van der Waals surface area contributed by atoms with Gasteiger partial charge in [-0.1, -0.05) is 24.3 Å². The van der Waals surface area contributed by atoms with E-state index in [4.69, 9.17) is 0 Å². The lowest BCUT2D eigenvalue weighted by atomic mass is 10.1. The maximum atomic E-state index is 12.6. The van der Waals surface area contributed by atoms with Crippen LogP contribution in [0.2, 0.25) is 0 Å². The van der Waals surface area contributed by atoms with Crippen LogP contribution in [-0.4, -0.2) is 10.9 Å². The molecule has 0 unspecified atom stereocenters. The van der Waals surface area contributed by atoms with Gasteiger partial charge >= 0.3 is 0 Å². The van der Waals surface area contributed by atoms with E-state index < -0.39 is 0 Å². The summed E-state index contributed by atoms with van der Waals surface area (Å²) in [6, 6.07) is 13.9. The molecule has 3 aromatic rings. The number of benzene rings is 2. The third kappa shape index (κ3) is 4.09. The number of pyridine rings is 1. The van der Waals surface area contributed by atoms with Crippen LogP contribution in [0, 0.1) is 27.7 Å². The lowest BCUT2D eigenvalue weighted by molar-refractivity contribution is 0.102. The minimum Gasteiger partial charge on any atom is -0.354 e. The standard InChI is InChI=1S/C22H23N3O/c1-14-8-15(2)10-19(9-14)25-22(26)18-11-20(13-23-12-18)24-21-16(3)6-5-7-17(21)4/h5-13,24H,1-4H3,(H,25,26). The minimum atomic E-state index is -0.173. The number of para-hydroxylation sites is 1. The summed E-state index contributed by atoms with van der Waals surface area (Å²) in [5.74, 6) is -0.173. The van der Waals surface area contributed by atoms with Gasteiger partial charge in [0.25, 0.3) is 5.91 Å². The van der Waals surface area contributed by atoms with E-state index in [1.165, 1.54) is 0 Å². The Labute approximate surface area is 154 Å². The molecule has 0 fully saturated rings. The molecule has 0 aliphatic rings. The smallest absolute Gasteiger partial charge is 0.257 e. The zero-order valence-corrected chi connectivity index (χ0v) is 15.6. The molecule has 1 heterocycles. The number of carbonyl (C=O) groups excluding carboxylic acids is 1. The molecule has 4 heteroatoms. The van der Waals surface area contributed by atoms with E-state index in [9.17, 15) is 4.79 Å². The van der Waals surface area contributed by atoms with Gasteiger partial charge in [-0.2, -0.15) is 0 Å². The molecule has 0 bridgehead atoms. The highest BCUT2D eigenvalue weighted by molar-refractivity contribution is 6.04. The highest BCUT2D eigenvalue weighted by atomic mass is 16.1. The molecule has 0 spiro atoms. The van der Waals surface area contributed by atoms with Gasteiger partial charge in [0.05, 0.1) is 17.4 Å². The van der Waals surface area contributed by atoms with Crippen molar-refractivity contribution in [3.05, 3.63) is 82.7 Å². The average molecular weight is 345 g/mol. The molecule has 1 amide bonds. The van der Waals surface area contributed by atoms with Crippen LogP contribution in [0.4, 0.5) is 17.1 Å². The molecule has 2 N–H and O–H groups in total. The van der Waals surface area contributed by atoms with Gasteiger partial charge in [0, 0.05) is 17.6 Å². The normalized spacial score (nSPS) is 10.5. The first-order valence-corrected chi connectivity index (χ1v) is 8.60. The number of anilines is 3. The lowest BCUT2D eigenvalue weighted by Crippen LogP contribution is -2.13. The van der Waals surface area contributed by atoms with Crippen molar-refractivity contribution in [3.63, 3.8) is 0 Å². The van der Waals surface area contributed by atoms with Crippen molar-refractivity contribution in [1.29, 1.82) is 0 Å². The van der Waals surface area contributed by atoms with Crippen molar-refractivity contribution < 1.29 is 4.79 Å². The Morgan fingerprint density at radius 2 is 1.50 bits per heavy atom. The zero-order chi connectivity index (χ0) is 18.7. The Bertz CT molecular complexity index is 923. The Morgan fingerprint density at radius 1 is 0.846 bits per heavy atom. The second-order valence-electron chi connectivity index (χ2n) is 6.68. The summed E-state index contributed by atoms with van der Waals surface area (Å²) in [7, 11) is 0. The molecule has 2 aromatic carbocycles. The molecular weight excluding hydrogens is 322 g/mol. The van der Waals surface area contributed by atoms with Crippen LogP contribution in [0.15, 0.2) is 54.9 Å². The molecule has 0 aliphatic heterocycles. The van der Waals surface area contributed by atoms with Gasteiger partial charge in [-0.05, 0) is 68.1 Å². The first kappa shape index (κ1) is 17.7. The second kappa shape index (κ2) is 7.40. The fraction of sp³-hybridized carbons (Fsp3) is 0.182. The SMILES string of the molecule is Cc1cc(C)cc(NC(=O)c2cncc(Nc3c(C)cccc3C)c2)c1. The van der Waals surface area contributed by atoms with Crippen molar-refractivity contribution in [2.24, 2.45) is 0 Å². The molecule has 4 nitrogen and oxygen atoms in total. The summed E-state index contributed by atoms with van der Waals surface area (Å²) in [4.78, 5) is 16.8. The van der Waals surface area contributed by atoms with Crippen LogP contribution in [-0.2, 0) is 0 Å². The van der Waals surface area contributed by atoms with E-state index >= 15 is 0 Å². The maximum Gasteiger partial charge on any atom is 0.257 e. The van der Waals surface area contributed by atoms with E-state index in [0.29, 0.717) is 5.56 Å². The monoisotopic (exact) mass is 345 g/mol. The molecule has 26 heavy (non-hydrogen) atoms. The number of aromatic nitrogens is 1. The van der Waals surface area contributed by atoms with Gasteiger partial charge in [-0.15, -0.1) is 0 Å². The van der Waals surface area contributed by atoms with Gasteiger partial charge in [0.2, 0.25) is 0 Å². The summed E-state index contributed by atoms with van der Waals surface area (Å²) in [6.45, 7) is 8.14. The molecule has 0 atom stereocenters. The lowest BCUT2D eigenvalue weighted by Gasteiger charge is -2.13. The Balaban J connectivity index is 1.81. The fourth-order valence-electron chi connectivity index (χ4n) is 3.04. The highest BCUT2D eigenvalue weighted by Crippen LogP contribution is 2.24. The fourth-order valence-corrected chi connectivity index (χ4v) is 3.04. The summed E-state index contributed by atoms with van der Waals surface area (Å²) < 4.78 is 0. The van der Waals surface area contributed by atoms with Crippen molar-refractivity contribution in [3.8, 4) is 0 Å². The van der Waals surface area contributed by atoms with Crippen LogP contribution in [0.3, 0.4) is 0 Å². The number of carbonyl (C=O) groups is 1. The highest BCUT2D eigenvalue weighted by Gasteiger charge is 2.09. The molecule has 0 radical (unpaired) electrons. The predicted octanol–water partition coefficient (Wildman–Crippen LogP) is 5.31. The van der Waals surface area contributed by atoms with Crippen LogP contribution < -0.4 is 10.6 Å². The van der Waals surface area contributed by atoms with Crippen molar-refractivity contribution in [2.75, 3.05) is 10.6 Å². The van der Waals surface area contributed by atoms with E-state index in [1.54, 1.807) is 12.4 Å². The third-order valence-corrected chi connectivity index (χ3v) is 4.23. The average Bonchev–Trinajstić information content (AvgIpc) is 2.57. The first-order chi connectivity index (χ1) is 12.4. The molecule has 0 aliphatic carbocycles. The summed E-state index contributed by atoms with van der Waals surface area (Å²) >= 11 is 0. The quantitative estimate of drug-likeness (QED) is 0.673. The minimum absolute atomic E-state index is 0.173. The number of hydrogen-bond acceptors (Lipinski definition) is 3. The predicted molar refractivity (Wildman–Crippen MR) is 107 cm³/mol. The van der Waals surface area contributed by atoms with Gasteiger partial charge in [-0.25, -0.2) is 0 Å². The number of nitrogens with one attached hydrogen (secondary N) is 2. The zero-order valence-electron chi connectivity index (χ0n) is 15.6. The van der Waals surface area contributed by atoms with Gasteiger partial charge in [0.1, 0.15) is 0 Å². The number of nitrogens with zero attached hydrogens (tertiary/aromatic N) is 1. The van der Waals surface area contributed by atoms with Crippen molar-refractivity contribution in [1.82, 2.24) is 4.98 Å². The molecule has 1 aromatic heterocycles.